The number of amides is 2. The van der Waals surface area contributed by atoms with Crippen molar-refractivity contribution in [2.45, 2.75) is 39.5 Å². The fourth-order valence-corrected chi connectivity index (χ4v) is 3.21. The van der Waals surface area contributed by atoms with Gasteiger partial charge in [0.15, 0.2) is 0 Å². The lowest BCUT2D eigenvalue weighted by Crippen LogP contribution is -2.35. The lowest BCUT2D eigenvalue weighted by molar-refractivity contribution is -0.125. The molecule has 1 aliphatic rings. The molecule has 1 aromatic rings. The van der Waals surface area contributed by atoms with Crippen LogP contribution >= 0.6 is 15.9 Å². The Bertz CT molecular complexity index is 470. The molecule has 1 aliphatic heterocycles. The van der Waals surface area contributed by atoms with Gasteiger partial charge in [-0.05, 0) is 59.8 Å². The Balaban J connectivity index is 2.52. The summed E-state index contributed by atoms with van der Waals surface area (Å²) in [6.45, 7) is 3.92. The molecule has 0 radical (unpaired) electrons. The maximum atomic E-state index is 12.1. The summed E-state index contributed by atoms with van der Waals surface area (Å²) in [7, 11) is 0. The molecule has 0 bridgehead atoms. The Morgan fingerprint density at radius 1 is 1.06 bits per heavy atom. The molecule has 1 aromatic carbocycles. The zero-order chi connectivity index (χ0) is 13.3. The van der Waals surface area contributed by atoms with Crippen molar-refractivity contribution in [2.75, 3.05) is 4.90 Å². The van der Waals surface area contributed by atoms with Crippen molar-refractivity contribution in [3.8, 4) is 0 Å². The molecular formula is C14H16BrNO2. The van der Waals surface area contributed by atoms with Gasteiger partial charge in [0.1, 0.15) is 0 Å². The summed E-state index contributed by atoms with van der Waals surface area (Å²) >= 11 is 3.47. The number of carbonyl (C=O) groups is 2. The van der Waals surface area contributed by atoms with Gasteiger partial charge in [-0.3, -0.25) is 9.59 Å². The van der Waals surface area contributed by atoms with Gasteiger partial charge in [0, 0.05) is 17.3 Å². The van der Waals surface area contributed by atoms with E-state index in [-0.39, 0.29) is 11.8 Å². The number of nitrogens with zero attached hydrogens (tertiary/aromatic N) is 1. The van der Waals surface area contributed by atoms with E-state index in [9.17, 15) is 9.59 Å². The van der Waals surface area contributed by atoms with Crippen molar-refractivity contribution in [3.05, 3.63) is 27.7 Å². The van der Waals surface area contributed by atoms with E-state index in [4.69, 9.17) is 0 Å². The van der Waals surface area contributed by atoms with E-state index in [0.717, 1.165) is 28.4 Å². The van der Waals surface area contributed by atoms with Gasteiger partial charge >= 0.3 is 0 Å². The summed E-state index contributed by atoms with van der Waals surface area (Å²) in [5, 5.41) is 0. The van der Waals surface area contributed by atoms with Gasteiger partial charge in [0.05, 0.1) is 5.69 Å². The summed E-state index contributed by atoms with van der Waals surface area (Å²) in [5.41, 5.74) is 2.76. The van der Waals surface area contributed by atoms with Crippen LogP contribution in [0.1, 0.15) is 36.8 Å². The molecular weight excluding hydrogens is 294 g/mol. The third-order valence-corrected chi connectivity index (χ3v) is 3.76. The highest BCUT2D eigenvalue weighted by Crippen LogP contribution is 2.33. The fraction of sp³-hybridized carbons (Fsp3) is 0.429. The van der Waals surface area contributed by atoms with Crippen LogP contribution in [-0.2, 0) is 9.59 Å². The van der Waals surface area contributed by atoms with Gasteiger partial charge < -0.3 is 0 Å². The number of hydrogen-bond donors (Lipinski definition) is 0. The van der Waals surface area contributed by atoms with Crippen molar-refractivity contribution in [3.63, 3.8) is 0 Å². The number of anilines is 1. The monoisotopic (exact) mass is 309 g/mol. The van der Waals surface area contributed by atoms with E-state index in [0.29, 0.717) is 18.5 Å². The molecule has 0 aromatic heterocycles. The molecule has 0 aliphatic carbocycles. The van der Waals surface area contributed by atoms with Crippen LogP contribution in [0.15, 0.2) is 16.6 Å². The van der Waals surface area contributed by atoms with Crippen LogP contribution in [0.4, 0.5) is 5.69 Å². The first-order valence-electron chi connectivity index (χ1n) is 6.13. The lowest BCUT2D eigenvalue weighted by Gasteiger charge is -2.22. The van der Waals surface area contributed by atoms with Crippen molar-refractivity contribution < 1.29 is 9.59 Å². The summed E-state index contributed by atoms with van der Waals surface area (Å²) in [6.07, 6.45) is 2.49. The maximum absolute atomic E-state index is 12.1. The molecule has 1 saturated heterocycles. The van der Waals surface area contributed by atoms with E-state index >= 15 is 0 Å². The molecule has 2 rings (SSSR count). The SMILES string of the molecule is Cc1cc(C)c(N2C(=O)CCCCC2=O)c(Br)c1. The third kappa shape index (κ3) is 2.48. The second-order valence-electron chi connectivity index (χ2n) is 4.74. The van der Waals surface area contributed by atoms with Crippen LogP contribution in [0.25, 0.3) is 0 Å². The summed E-state index contributed by atoms with van der Waals surface area (Å²) in [6, 6.07) is 3.93. The topological polar surface area (TPSA) is 37.4 Å². The second kappa shape index (κ2) is 5.22. The first-order valence-corrected chi connectivity index (χ1v) is 6.92. The van der Waals surface area contributed by atoms with Crippen LogP contribution in [-0.4, -0.2) is 11.8 Å². The predicted octanol–water partition coefficient (Wildman–Crippen LogP) is 3.50. The average molecular weight is 310 g/mol. The van der Waals surface area contributed by atoms with Crippen LogP contribution in [0.2, 0.25) is 0 Å². The zero-order valence-electron chi connectivity index (χ0n) is 10.6. The minimum atomic E-state index is -0.0925. The van der Waals surface area contributed by atoms with Crippen LogP contribution < -0.4 is 4.90 Å². The number of imide groups is 1. The van der Waals surface area contributed by atoms with Crippen LogP contribution in [0.3, 0.4) is 0 Å². The fourth-order valence-electron chi connectivity index (χ4n) is 2.36. The number of hydrogen-bond acceptors (Lipinski definition) is 2. The highest BCUT2D eigenvalue weighted by Gasteiger charge is 2.28. The minimum absolute atomic E-state index is 0.0925. The molecule has 96 valence electrons. The van der Waals surface area contributed by atoms with Crippen molar-refractivity contribution in [2.24, 2.45) is 0 Å². The first kappa shape index (κ1) is 13.3. The smallest absolute Gasteiger partial charge is 0.233 e. The van der Waals surface area contributed by atoms with E-state index in [1.165, 1.54) is 4.90 Å². The van der Waals surface area contributed by atoms with Gasteiger partial charge in [-0.15, -0.1) is 0 Å². The molecule has 4 heteroatoms. The molecule has 0 atom stereocenters. The van der Waals surface area contributed by atoms with E-state index in [1.54, 1.807) is 0 Å². The molecule has 0 saturated carbocycles. The molecule has 1 fully saturated rings. The quantitative estimate of drug-likeness (QED) is 0.745. The number of carbonyl (C=O) groups excluding carboxylic acids is 2. The third-order valence-electron chi connectivity index (χ3n) is 3.15. The highest BCUT2D eigenvalue weighted by molar-refractivity contribution is 9.10. The van der Waals surface area contributed by atoms with Gasteiger partial charge in [-0.25, -0.2) is 4.90 Å². The highest BCUT2D eigenvalue weighted by atomic mass is 79.9. The number of benzene rings is 1. The summed E-state index contributed by atoms with van der Waals surface area (Å²) in [4.78, 5) is 25.6. The average Bonchev–Trinajstić information content (AvgIpc) is 2.42. The zero-order valence-corrected chi connectivity index (χ0v) is 12.2. The van der Waals surface area contributed by atoms with Crippen LogP contribution in [0, 0.1) is 13.8 Å². The molecule has 0 unspecified atom stereocenters. The largest absolute Gasteiger partial charge is 0.274 e. The van der Waals surface area contributed by atoms with E-state index in [1.807, 2.05) is 26.0 Å². The molecule has 1 heterocycles. The van der Waals surface area contributed by atoms with Gasteiger partial charge in [0.25, 0.3) is 0 Å². The van der Waals surface area contributed by atoms with Crippen LogP contribution in [0.5, 0.6) is 0 Å². The maximum Gasteiger partial charge on any atom is 0.233 e. The number of aryl methyl sites for hydroxylation is 2. The molecule has 0 N–H and O–H groups in total. The number of rotatable bonds is 1. The first-order chi connectivity index (χ1) is 8.50. The Labute approximate surface area is 115 Å². The molecule has 18 heavy (non-hydrogen) atoms. The normalized spacial score (nSPS) is 16.9. The van der Waals surface area contributed by atoms with Crippen molar-refractivity contribution >= 4 is 33.4 Å². The van der Waals surface area contributed by atoms with E-state index in [2.05, 4.69) is 15.9 Å². The second-order valence-corrected chi connectivity index (χ2v) is 5.60. The standard InChI is InChI=1S/C14H16BrNO2/c1-9-7-10(2)14(11(15)8-9)16-12(17)5-3-4-6-13(16)18/h7-8H,3-6H2,1-2H3. The Morgan fingerprint density at radius 2 is 1.61 bits per heavy atom. The predicted molar refractivity (Wildman–Crippen MR) is 74.6 cm³/mol. The number of halogens is 1. The van der Waals surface area contributed by atoms with Gasteiger partial charge in [0.2, 0.25) is 11.8 Å². The minimum Gasteiger partial charge on any atom is -0.274 e. The summed E-state index contributed by atoms with van der Waals surface area (Å²) < 4.78 is 0.809. The van der Waals surface area contributed by atoms with Crippen molar-refractivity contribution in [1.29, 1.82) is 0 Å². The molecule has 3 nitrogen and oxygen atoms in total. The molecule has 2 amide bonds. The van der Waals surface area contributed by atoms with E-state index < -0.39 is 0 Å². The summed E-state index contributed by atoms with van der Waals surface area (Å²) in [5.74, 6) is -0.185. The van der Waals surface area contributed by atoms with Crippen molar-refractivity contribution in [1.82, 2.24) is 0 Å². The Hall–Kier alpha value is -1.16. The Kier molecular flexibility index (Phi) is 3.85. The van der Waals surface area contributed by atoms with Gasteiger partial charge in [-0.1, -0.05) is 6.07 Å². The van der Waals surface area contributed by atoms with Gasteiger partial charge in [-0.2, -0.15) is 0 Å². The Morgan fingerprint density at radius 3 is 2.11 bits per heavy atom. The molecule has 0 spiro atoms. The lowest BCUT2D eigenvalue weighted by atomic mass is 10.1.